The maximum absolute atomic E-state index is 13.4. The molecule has 2 amide bonds. The summed E-state index contributed by atoms with van der Waals surface area (Å²) in [6, 6.07) is 4.41. The molecule has 1 aliphatic carbocycles. The summed E-state index contributed by atoms with van der Waals surface area (Å²) in [6.45, 7) is 3.83. The molecule has 5 heteroatoms. The van der Waals surface area contributed by atoms with Gasteiger partial charge in [-0.2, -0.15) is 0 Å². The fourth-order valence-electron chi connectivity index (χ4n) is 2.51. The fourth-order valence-corrected chi connectivity index (χ4v) is 2.51. The van der Waals surface area contributed by atoms with Gasteiger partial charge in [-0.1, -0.05) is 13.0 Å². The van der Waals surface area contributed by atoms with Gasteiger partial charge in [0.05, 0.1) is 0 Å². The van der Waals surface area contributed by atoms with E-state index in [1.54, 1.807) is 19.1 Å². The zero-order valence-corrected chi connectivity index (χ0v) is 12.4. The molecule has 0 aliphatic heterocycles. The number of carbonyl (C=O) groups is 2. The number of benzene rings is 1. The number of hydrogen-bond acceptors (Lipinski definition) is 2. The Kier molecular flexibility index (Phi) is 4.94. The van der Waals surface area contributed by atoms with E-state index in [0.717, 1.165) is 25.7 Å². The largest absolute Gasteiger partial charge is 0.345 e. The Labute approximate surface area is 124 Å². The molecule has 4 nitrogen and oxygen atoms in total. The molecule has 1 aromatic rings. The first-order valence-electron chi connectivity index (χ1n) is 7.33. The molecule has 1 aromatic carbocycles. The number of anilines is 1. The van der Waals surface area contributed by atoms with Gasteiger partial charge in [-0.15, -0.1) is 0 Å². The maximum Gasteiger partial charge on any atom is 0.313 e. The van der Waals surface area contributed by atoms with Crippen molar-refractivity contribution in [3.63, 3.8) is 0 Å². The molecule has 21 heavy (non-hydrogen) atoms. The van der Waals surface area contributed by atoms with E-state index >= 15 is 0 Å². The standard InChI is InChI=1S/C16H21FN2O2/c1-10-3-6-12(7-4-10)18-15(20)16(21)19-13-8-5-11(2)14(17)9-13/h5,8-10,12H,3-4,6-7H2,1-2H3,(H,18,20)(H,19,21). The van der Waals surface area contributed by atoms with Crippen molar-refractivity contribution < 1.29 is 14.0 Å². The van der Waals surface area contributed by atoms with E-state index < -0.39 is 17.6 Å². The van der Waals surface area contributed by atoms with Crippen molar-refractivity contribution in [2.24, 2.45) is 5.92 Å². The molecular weight excluding hydrogens is 271 g/mol. The second kappa shape index (κ2) is 6.70. The van der Waals surface area contributed by atoms with Crippen LogP contribution in [-0.4, -0.2) is 17.9 Å². The molecule has 0 saturated heterocycles. The van der Waals surface area contributed by atoms with Gasteiger partial charge in [-0.3, -0.25) is 9.59 Å². The highest BCUT2D eigenvalue weighted by atomic mass is 19.1. The van der Waals surface area contributed by atoms with E-state index in [4.69, 9.17) is 0 Å². The van der Waals surface area contributed by atoms with Crippen LogP contribution in [0.3, 0.4) is 0 Å². The smallest absolute Gasteiger partial charge is 0.313 e. The van der Waals surface area contributed by atoms with Crippen LogP contribution in [0.5, 0.6) is 0 Å². The summed E-state index contributed by atoms with van der Waals surface area (Å²) in [7, 11) is 0. The van der Waals surface area contributed by atoms with Crippen LogP contribution >= 0.6 is 0 Å². The summed E-state index contributed by atoms with van der Waals surface area (Å²) >= 11 is 0. The number of rotatable bonds is 2. The molecule has 0 heterocycles. The van der Waals surface area contributed by atoms with Gasteiger partial charge in [-0.05, 0) is 56.2 Å². The van der Waals surface area contributed by atoms with Crippen LogP contribution in [0.15, 0.2) is 18.2 Å². The van der Waals surface area contributed by atoms with Crippen molar-refractivity contribution in [3.05, 3.63) is 29.6 Å². The molecule has 0 spiro atoms. The minimum Gasteiger partial charge on any atom is -0.345 e. The van der Waals surface area contributed by atoms with Gasteiger partial charge in [0.1, 0.15) is 5.82 Å². The predicted octanol–water partition coefficient (Wildman–Crippen LogP) is 2.77. The third-order valence-electron chi connectivity index (χ3n) is 3.99. The van der Waals surface area contributed by atoms with Crippen LogP contribution < -0.4 is 10.6 Å². The number of carbonyl (C=O) groups excluding carboxylic acids is 2. The Morgan fingerprint density at radius 1 is 1.14 bits per heavy atom. The lowest BCUT2D eigenvalue weighted by molar-refractivity contribution is -0.136. The normalized spacial score (nSPS) is 21.7. The Morgan fingerprint density at radius 3 is 2.43 bits per heavy atom. The Balaban J connectivity index is 1.87. The Hall–Kier alpha value is -1.91. The van der Waals surface area contributed by atoms with Gasteiger partial charge in [0, 0.05) is 11.7 Å². The summed E-state index contributed by atoms with van der Waals surface area (Å²) in [6.07, 6.45) is 3.93. The zero-order chi connectivity index (χ0) is 15.4. The van der Waals surface area contributed by atoms with E-state index in [1.165, 1.54) is 6.07 Å². The van der Waals surface area contributed by atoms with Crippen LogP contribution in [0.1, 0.15) is 38.2 Å². The summed E-state index contributed by atoms with van der Waals surface area (Å²) in [5.41, 5.74) is 0.782. The second-order valence-corrected chi connectivity index (χ2v) is 5.85. The number of nitrogens with one attached hydrogen (secondary N) is 2. The molecule has 2 rings (SSSR count). The van der Waals surface area contributed by atoms with Crippen LogP contribution in [-0.2, 0) is 9.59 Å². The van der Waals surface area contributed by atoms with Crippen LogP contribution in [0.25, 0.3) is 0 Å². The van der Waals surface area contributed by atoms with Gasteiger partial charge in [-0.25, -0.2) is 4.39 Å². The Bertz CT molecular complexity index is 537. The van der Waals surface area contributed by atoms with Crippen molar-refractivity contribution in [3.8, 4) is 0 Å². The molecule has 0 aromatic heterocycles. The molecule has 0 unspecified atom stereocenters. The summed E-state index contributed by atoms with van der Waals surface area (Å²) in [5, 5.41) is 5.16. The van der Waals surface area contributed by atoms with Crippen molar-refractivity contribution in [2.75, 3.05) is 5.32 Å². The van der Waals surface area contributed by atoms with Crippen LogP contribution in [0, 0.1) is 18.7 Å². The topological polar surface area (TPSA) is 58.2 Å². The van der Waals surface area contributed by atoms with Gasteiger partial charge < -0.3 is 10.6 Å². The van der Waals surface area contributed by atoms with Gasteiger partial charge in [0.25, 0.3) is 0 Å². The minimum absolute atomic E-state index is 0.0641. The van der Waals surface area contributed by atoms with E-state index in [1.807, 2.05) is 0 Å². The first kappa shape index (κ1) is 15.5. The second-order valence-electron chi connectivity index (χ2n) is 5.85. The predicted molar refractivity (Wildman–Crippen MR) is 79.3 cm³/mol. The molecule has 1 aliphatic rings. The van der Waals surface area contributed by atoms with E-state index in [2.05, 4.69) is 17.6 Å². The summed E-state index contributed by atoms with van der Waals surface area (Å²) in [5.74, 6) is -1.13. The minimum atomic E-state index is -0.753. The monoisotopic (exact) mass is 292 g/mol. The molecule has 1 fully saturated rings. The molecular formula is C16H21FN2O2. The number of aryl methyl sites for hydroxylation is 1. The molecule has 0 bridgehead atoms. The average Bonchev–Trinajstić information content (AvgIpc) is 2.45. The first-order valence-corrected chi connectivity index (χ1v) is 7.33. The Morgan fingerprint density at radius 2 is 1.81 bits per heavy atom. The van der Waals surface area contributed by atoms with E-state index in [9.17, 15) is 14.0 Å². The third-order valence-corrected chi connectivity index (χ3v) is 3.99. The fraction of sp³-hybridized carbons (Fsp3) is 0.500. The molecule has 2 N–H and O–H groups in total. The lowest BCUT2D eigenvalue weighted by atomic mass is 9.87. The van der Waals surface area contributed by atoms with Crippen molar-refractivity contribution in [2.45, 2.75) is 45.6 Å². The number of amides is 2. The van der Waals surface area contributed by atoms with Crippen LogP contribution in [0.4, 0.5) is 10.1 Å². The van der Waals surface area contributed by atoms with Gasteiger partial charge in [0.15, 0.2) is 0 Å². The number of hydrogen-bond donors (Lipinski definition) is 2. The third kappa shape index (κ3) is 4.28. The molecule has 0 radical (unpaired) electrons. The highest BCUT2D eigenvalue weighted by molar-refractivity contribution is 6.39. The van der Waals surface area contributed by atoms with Crippen molar-refractivity contribution >= 4 is 17.5 Å². The quantitative estimate of drug-likeness (QED) is 0.823. The highest BCUT2D eigenvalue weighted by Crippen LogP contribution is 2.23. The highest BCUT2D eigenvalue weighted by Gasteiger charge is 2.22. The summed E-state index contributed by atoms with van der Waals surface area (Å²) in [4.78, 5) is 23.6. The average molecular weight is 292 g/mol. The van der Waals surface area contributed by atoms with E-state index in [0.29, 0.717) is 11.5 Å². The maximum atomic E-state index is 13.4. The zero-order valence-electron chi connectivity index (χ0n) is 12.4. The first-order chi connectivity index (χ1) is 9.95. The van der Waals surface area contributed by atoms with Crippen molar-refractivity contribution in [1.82, 2.24) is 5.32 Å². The molecule has 114 valence electrons. The number of halogens is 1. The lowest BCUT2D eigenvalue weighted by Crippen LogP contribution is -2.43. The lowest BCUT2D eigenvalue weighted by Gasteiger charge is -2.26. The van der Waals surface area contributed by atoms with Crippen LogP contribution in [0.2, 0.25) is 0 Å². The van der Waals surface area contributed by atoms with Gasteiger partial charge >= 0.3 is 11.8 Å². The van der Waals surface area contributed by atoms with E-state index in [-0.39, 0.29) is 11.7 Å². The summed E-state index contributed by atoms with van der Waals surface area (Å²) < 4.78 is 13.4. The van der Waals surface area contributed by atoms with Crippen molar-refractivity contribution in [1.29, 1.82) is 0 Å². The molecule has 1 saturated carbocycles. The van der Waals surface area contributed by atoms with Gasteiger partial charge in [0.2, 0.25) is 0 Å². The SMILES string of the molecule is Cc1ccc(NC(=O)C(=O)NC2CCC(C)CC2)cc1F. The molecule has 0 atom stereocenters.